The highest BCUT2D eigenvalue weighted by atomic mass is 19.4. The number of urea groups is 1. The normalized spacial score (nSPS) is 13.9. The van der Waals surface area contributed by atoms with Crippen LogP contribution in [0.3, 0.4) is 0 Å². The van der Waals surface area contributed by atoms with Crippen LogP contribution in [0.4, 0.5) is 29.5 Å². The van der Waals surface area contributed by atoms with Crippen LogP contribution >= 0.6 is 0 Å². The Morgan fingerprint density at radius 3 is 2.31 bits per heavy atom. The van der Waals surface area contributed by atoms with E-state index >= 15 is 0 Å². The molecule has 1 saturated heterocycles. The molecule has 6 rings (SSSR count). The lowest BCUT2D eigenvalue weighted by molar-refractivity contribution is -0.137. The number of anilines is 2. The van der Waals surface area contributed by atoms with E-state index in [0.29, 0.717) is 31.9 Å². The quantitative estimate of drug-likeness (QED) is 0.347. The number of para-hydroxylation sites is 1. The molecule has 2 aromatic carbocycles. The van der Waals surface area contributed by atoms with Gasteiger partial charge in [0.15, 0.2) is 0 Å². The molecule has 1 aliphatic rings. The summed E-state index contributed by atoms with van der Waals surface area (Å²) >= 11 is 0. The van der Waals surface area contributed by atoms with Crippen molar-refractivity contribution >= 4 is 39.3 Å². The number of amides is 2. The second-order valence-corrected chi connectivity index (χ2v) is 9.14. The molecule has 202 valence electrons. The summed E-state index contributed by atoms with van der Waals surface area (Å²) in [4.78, 5) is 20.1. The van der Waals surface area contributed by atoms with Gasteiger partial charge in [0.25, 0.3) is 0 Å². The number of benzene rings is 2. The van der Waals surface area contributed by atoms with Crippen molar-refractivity contribution in [1.82, 2.24) is 29.4 Å². The molecule has 0 aliphatic carbocycles. The van der Waals surface area contributed by atoms with E-state index in [2.05, 4.69) is 32.6 Å². The first-order valence-electron chi connectivity index (χ1n) is 12.3. The summed E-state index contributed by atoms with van der Waals surface area (Å²) < 4.78 is 42.3. The molecular weight excluding hydrogens is 509 g/mol. The summed E-state index contributed by atoms with van der Waals surface area (Å²) in [5.74, 6) is 0.264. The highest BCUT2D eigenvalue weighted by Crippen LogP contribution is 2.31. The summed E-state index contributed by atoms with van der Waals surface area (Å²) in [5.41, 5.74) is 2.03. The van der Waals surface area contributed by atoms with Gasteiger partial charge in [-0.3, -0.25) is 9.36 Å². The molecule has 4 heterocycles. The lowest BCUT2D eigenvalue weighted by atomic mass is 10.2. The summed E-state index contributed by atoms with van der Waals surface area (Å²) in [6, 6.07) is 15.5. The van der Waals surface area contributed by atoms with E-state index in [1.165, 1.54) is 10.9 Å². The number of fused-ring (bicyclic) bond motifs is 2. The minimum atomic E-state index is -4.41. The molecule has 0 spiro atoms. The van der Waals surface area contributed by atoms with E-state index in [4.69, 9.17) is 0 Å². The zero-order valence-electron chi connectivity index (χ0n) is 21.4. The van der Waals surface area contributed by atoms with Gasteiger partial charge in [-0.15, -0.1) is 0 Å². The number of hydrogen-bond acceptors (Lipinski definition) is 5. The Balaban J connectivity index is 0.000000257. The van der Waals surface area contributed by atoms with Crippen molar-refractivity contribution in [2.45, 2.75) is 6.18 Å². The Hall–Kier alpha value is -4.61. The maximum Gasteiger partial charge on any atom is 0.416 e. The lowest BCUT2D eigenvalue weighted by Gasteiger charge is -2.35. The van der Waals surface area contributed by atoms with Crippen molar-refractivity contribution in [1.29, 1.82) is 0 Å². The number of aromatic nitrogens is 5. The number of hydrogen-bond donors (Lipinski definition) is 1. The molecule has 3 aromatic heterocycles. The molecule has 1 aliphatic heterocycles. The smallest absolute Gasteiger partial charge is 0.353 e. The predicted molar refractivity (Wildman–Crippen MR) is 143 cm³/mol. The van der Waals surface area contributed by atoms with E-state index in [1.807, 2.05) is 55.3 Å². The van der Waals surface area contributed by atoms with Crippen molar-refractivity contribution in [2.24, 2.45) is 14.1 Å². The molecule has 0 bridgehead atoms. The van der Waals surface area contributed by atoms with Gasteiger partial charge in [-0.1, -0.05) is 24.3 Å². The molecule has 39 heavy (non-hydrogen) atoms. The number of carbonyl (C=O) groups excluding carboxylic acids is 1. The van der Waals surface area contributed by atoms with Gasteiger partial charge in [0.05, 0.1) is 34.7 Å². The standard InChI is InChI=1S/C19H19F3N6O.C8H8N2/c1-26-16-4-2-3-15(14(16)12-24-26)25-18(29)28-9-7-27(8-10-28)17-11-13(5-6-23-17)19(20,21)22;1-10-8-5-3-2-4-7(8)6-9-10/h2-6,11-12H,7-10H2,1H3,(H,25,29);2-6H,1H3. The number of pyridine rings is 1. The van der Waals surface area contributed by atoms with Gasteiger partial charge in [-0.25, -0.2) is 9.78 Å². The van der Waals surface area contributed by atoms with Crippen molar-refractivity contribution in [2.75, 3.05) is 36.4 Å². The topological polar surface area (TPSA) is 84.1 Å². The molecule has 12 heteroatoms. The maximum atomic E-state index is 12.9. The molecule has 0 radical (unpaired) electrons. The first-order chi connectivity index (χ1) is 18.7. The van der Waals surface area contributed by atoms with Gasteiger partial charge >= 0.3 is 12.2 Å². The Kier molecular flexibility index (Phi) is 7.09. The number of carbonyl (C=O) groups is 1. The lowest BCUT2D eigenvalue weighted by Crippen LogP contribution is -2.50. The number of piperazine rings is 1. The summed E-state index contributed by atoms with van der Waals surface area (Å²) in [6.45, 7) is 1.57. The third kappa shape index (κ3) is 5.64. The molecule has 1 N–H and O–H groups in total. The fourth-order valence-corrected chi connectivity index (χ4v) is 4.49. The van der Waals surface area contributed by atoms with E-state index in [1.54, 1.807) is 20.7 Å². The minimum Gasteiger partial charge on any atom is -0.353 e. The zero-order chi connectivity index (χ0) is 27.6. The number of nitrogens with zero attached hydrogens (tertiary/aromatic N) is 7. The van der Waals surface area contributed by atoms with Crippen LogP contribution < -0.4 is 10.2 Å². The maximum absolute atomic E-state index is 12.9. The molecule has 0 atom stereocenters. The van der Waals surface area contributed by atoms with Crippen LogP contribution in [0.15, 0.2) is 73.2 Å². The van der Waals surface area contributed by atoms with Gasteiger partial charge in [0.1, 0.15) is 5.82 Å². The first-order valence-corrected chi connectivity index (χ1v) is 12.3. The van der Waals surface area contributed by atoms with Crippen molar-refractivity contribution < 1.29 is 18.0 Å². The average molecular weight is 537 g/mol. The van der Waals surface area contributed by atoms with Gasteiger partial charge in [-0.2, -0.15) is 23.4 Å². The Morgan fingerprint density at radius 1 is 0.872 bits per heavy atom. The minimum absolute atomic E-state index is 0.252. The third-order valence-corrected chi connectivity index (χ3v) is 6.65. The number of nitrogens with one attached hydrogen (secondary N) is 1. The van der Waals surface area contributed by atoms with Gasteiger partial charge in [-0.05, 0) is 30.3 Å². The van der Waals surface area contributed by atoms with Crippen LogP contribution in [-0.4, -0.2) is 61.7 Å². The number of aryl methyl sites for hydroxylation is 2. The van der Waals surface area contributed by atoms with Crippen molar-refractivity contribution in [3.8, 4) is 0 Å². The first kappa shape index (κ1) is 26.0. The molecule has 5 aromatic rings. The molecule has 0 saturated carbocycles. The predicted octanol–water partition coefficient (Wildman–Crippen LogP) is 4.91. The van der Waals surface area contributed by atoms with E-state index in [-0.39, 0.29) is 11.8 Å². The second kappa shape index (κ2) is 10.6. The Bertz CT molecular complexity index is 1600. The second-order valence-electron chi connectivity index (χ2n) is 9.14. The molecule has 2 amide bonds. The fourth-order valence-electron chi connectivity index (χ4n) is 4.49. The number of rotatable bonds is 2. The van der Waals surface area contributed by atoms with E-state index in [9.17, 15) is 18.0 Å². The van der Waals surface area contributed by atoms with E-state index in [0.717, 1.165) is 29.2 Å². The number of halogens is 3. The summed E-state index contributed by atoms with van der Waals surface area (Å²) in [6.07, 6.45) is 0.316. The number of alkyl halides is 3. The van der Waals surface area contributed by atoms with Crippen LogP contribution in [0.1, 0.15) is 5.56 Å². The Labute approximate surface area is 222 Å². The highest BCUT2D eigenvalue weighted by molar-refractivity contribution is 6.00. The van der Waals surface area contributed by atoms with Gasteiger partial charge in [0, 0.05) is 57.2 Å². The van der Waals surface area contributed by atoms with Crippen LogP contribution in [0, 0.1) is 0 Å². The van der Waals surface area contributed by atoms with Crippen LogP contribution in [-0.2, 0) is 20.3 Å². The van der Waals surface area contributed by atoms with Crippen LogP contribution in [0.2, 0.25) is 0 Å². The highest BCUT2D eigenvalue weighted by Gasteiger charge is 2.31. The van der Waals surface area contributed by atoms with Crippen LogP contribution in [0.5, 0.6) is 0 Å². The van der Waals surface area contributed by atoms with Crippen molar-refractivity contribution in [3.05, 3.63) is 78.8 Å². The zero-order valence-corrected chi connectivity index (χ0v) is 21.4. The van der Waals surface area contributed by atoms with E-state index < -0.39 is 11.7 Å². The van der Waals surface area contributed by atoms with Crippen LogP contribution in [0.25, 0.3) is 21.8 Å². The SMILES string of the molecule is Cn1ncc2c(NC(=O)N3CCN(c4cc(C(F)(F)F)ccn4)CC3)cccc21.Cn1ncc2ccccc21. The van der Waals surface area contributed by atoms with Crippen molar-refractivity contribution in [3.63, 3.8) is 0 Å². The fraction of sp³-hybridized carbons (Fsp3) is 0.259. The molecule has 1 fully saturated rings. The molecular formula is C27H27F3N8O. The largest absolute Gasteiger partial charge is 0.416 e. The van der Waals surface area contributed by atoms with Gasteiger partial charge < -0.3 is 15.1 Å². The molecule has 9 nitrogen and oxygen atoms in total. The third-order valence-electron chi connectivity index (χ3n) is 6.65. The molecule has 0 unspecified atom stereocenters. The van der Waals surface area contributed by atoms with Gasteiger partial charge in [0.2, 0.25) is 0 Å². The monoisotopic (exact) mass is 536 g/mol. The average Bonchev–Trinajstić information content (AvgIpc) is 3.52. The summed E-state index contributed by atoms with van der Waals surface area (Å²) in [7, 11) is 3.78. The summed E-state index contributed by atoms with van der Waals surface area (Å²) in [5, 5.41) is 13.3. The Morgan fingerprint density at radius 2 is 1.56 bits per heavy atom.